The molecule has 1 N–H and O–H groups in total. The van der Waals surface area contributed by atoms with Crippen LogP contribution in [-0.4, -0.2) is 56.3 Å². The van der Waals surface area contributed by atoms with Crippen molar-refractivity contribution in [3.8, 4) is 5.88 Å². The molecule has 2 unspecified atom stereocenters. The molecule has 0 aromatic carbocycles. The molecule has 5 heteroatoms. The number of aromatic nitrogens is 1. The van der Waals surface area contributed by atoms with Crippen LogP contribution in [0.15, 0.2) is 12.3 Å². The zero-order valence-electron chi connectivity index (χ0n) is 13.5. The number of nitrogens with one attached hydrogen (secondary N) is 1. The predicted molar refractivity (Wildman–Crippen MR) is 86.3 cm³/mol. The second-order valence-electron chi connectivity index (χ2n) is 6.47. The zero-order valence-corrected chi connectivity index (χ0v) is 13.5. The van der Waals surface area contributed by atoms with Crippen molar-refractivity contribution in [2.45, 2.75) is 43.8 Å². The van der Waals surface area contributed by atoms with Crippen LogP contribution in [0.1, 0.15) is 25.7 Å². The molecule has 0 amide bonds. The zero-order chi connectivity index (χ0) is 15.0. The second-order valence-corrected chi connectivity index (χ2v) is 6.47. The van der Waals surface area contributed by atoms with Crippen LogP contribution in [0.3, 0.4) is 0 Å². The number of fused-ring (bicyclic) bond motifs is 2. The quantitative estimate of drug-likeness (QED) is 0.920. The molecular formula is C16H26N4O. The minimum atomic E-state index is 0.510. The first-order valence-electron chi connectivity index (χ1n) is 7.79. The monoisotopic (exact) mass is 290 g/mol. The molecular weight excluding hydrogens is 264 g/mol. The Morgan fingerprint density at radius 2 is 1.95 bits per heavy atom. The second kappa shape index (κ2) is 5.72. The van der Waals surface area contributed by atoms with Crippen molar-refractivity contribution < 1.29 is 4.74 Å². The van der Waals surface area contributed by atoms with E-state index in [-0.39, 0.29) is 0 Å². The van der Waals surface area contributed by atoms with E-state index in [1.807, 2.05) is 6.07 Å². The summed E-state index contributed by atoms with van der Waals surface area (Å²) in [5, 5.41) is 3.72. The molecule has 2 atom stereocenters. The molecule has 2 aliphatic rings. The maximum Gasteiger partial charge on any atom is 0.239 e. The first kappa shape index (κ1) is 14.4. The number of ether oxygens (including phenoxy) is 1. The van der Waals surface area contributed by atoms with E-state index < -0.39 is 0 Å². The lowest BCUT2D eigenvalue weighted by atomic mass is 9.97. The molecule has 2 saturated heterocycles. The summed E-state index contributed by atoms with van der Waals surface area (Å²) in [4.78, 5) is 9.02. The lowest BCUT2D eigenvalue weighted by Crippen LogP contribution is -2.44. The van der Waals surface area contributed by atoms with Gasteiger partial charge in [-0.05, 0) is 38.8 Å². The van der Waals surface area contributed by atoms with Crippen LogP contribution < -0.4 is 15.0 Å². The Hall–Kier alpha value is -1.49. The Kier molecular flexibility index (Phi) is 3.93. The minimum absolute atomic E-state index is 0.510. The summed E-state index contributed by atoms with van der Waals surface area (Å²) >= 11 is 0. The van der Waals surface area contributed by atoms with Gasteiger partial charge in [0, 0.05) is 38.4 Å². The number of methoxy groups -OCH3 is 1. The average molecular weight is 290 g/mol. The van der Waals surface area contributed by atoms with Crippen molar-refractivity contribution >= 4 is 11.4 Å². The Balaban J connectivity index is 1.81. The summed E-state index contributed by atoms with van der Waals surface area (Å²) in [6.45, 7) is 0. The number of piperidine rings is 1. The minimum Gasteiger partial charge on any atom is -0.479 e. The number of hydrogen-bond donors (Lipinski definition) is 1. The van der Waals surface area contributed by atoms with Gasteiger partial charge in [-0.3, -0.25) is 0 Å². The standard InChI is InChI=1S/C16H26N4O/c1-19(2)14-7-8-17-16(21-4)15(14)18-11-9-12-5-6-13(10-11)20(12)3/h7-8,11-13,18H,5-6,9-10H2,1-4H3. The van der Waals surface area contributed by atoms with Gasteiger partial charge in [0.25, 0.3) is 0 Å². The van der Waals surface area contributed by atoms with Crippen molar-refractivity contribution in [1.82, 2.24) is 9.88 Å². The number of hydrogen-bond acceptors (Lipinski definition) is 5. The molecule has 1 aromatic rings. The topological polar surface area (TPSA) is 40.6 Å². The summed E-state index contributed by atoms with van der Waals surface area (Å²) in [5.74, 6) is 0.687. The van der Waals surface area contributed by atoms with Crippen LogP contribution in [0.4, 0.5) is 11.4 Å². The SMILES string of the molecule is COc1nccc(N(C)C)c1NC1CC2CCC(C1)N2C. The van der Waals surface area contributed by atoms with Gasteiger partial charge < -0.3 is 19.9 Å². The van der Waals surface area contributed by atoms with Crippen LogP contribution in [0, 0.1) is 0 Å². The van der Waals surface area contributed by atoms with Gasteiger partial charge in [0.1, 0.15) is 5.69 Å². The van der Waals surface area contributed by atoms with Gasteiger partial charge in [0.2, 0.25) is 5.88 Å². The average Bonchev–Trinajstić information content (AvgIpc) is 2.69. The van der Waals surface area contributed by atoms with Crippen LogP contribution >= 0.6 is 0 Å². The summed E-state index contributed by atoms with van der Waals surface area (Å²) in [6.07, 6.45) is 6.89. The van der Waals surface area contributed by atoms with E-state index in [0.29, 0.717) is 11.9 Å². The third kappa shape index (κ3) is 2.67. The fraction of sp³-hybridized carbons (Fsp3) is 0.688. The first-order chi connectivity index (χ1) is 10.1. The van der Waals surface area contributed by atoms with E-state index in [0.717, 1.165) is 23.5 Å². The van der Waals surface area contributed by atoms with Gasteiger partial charge in [-0.15, -0.1) is 0 Å². The van der Waals surface area contributed by atoms with E-state index in [4.69, 9.17) is 4.74 Å². The van der Waals surface area contributed by atoms with E-state index in [2.05, 4.69) is 41.2 Å². The van der Waals surface area contributed by atoms with Gasteiger partial charge in [-0.2, -0.15) is 0 Å². The lowest BCUT2D eigenvalue weighted by molar-refractivity contribution is 0.168. The van der Waals surface area contributed by atoms with Crippen LogP contribution in [0.25, 0.3) is 0 Å². The third-order valence-corrected chi connectivity index (χ3v) is 5.02. The van der Waals surface area contributed by atoms with E-state index >= 15 is 0 Å². The van der Waals surface area contributed by atoms with E-state index in [9.17, 15) is 0 Å². The number of anilines is 2. The van der Waals surface area contributed by atoms with E-state index in [1.165, 1.54) is 25.7 Å². The van der Waals surface area contributed by atoms with Crippen molar-refractivity contribution in [3.05, 3.63) is 12.3 Å². The molecule has 2 bridgehead atoms. The maximum absolute atomic E-state index is 5.46. The number of nitrogens with zero attached hydrogens (tertiary/aromatic N) is 3. The molecule has 0 aliphatic carbocycles. The molecule has 0 spiro atoms. The van der Waals surface area contributed by atoms with Gasteiger partial charge in [-0.1, -0.05) is 0 Å². The van der Waals surface area contributed by atoms with Crippen molar-refractivity contribution in [3.63, 3.8) is 0 Å². The molecule has 5 nitrogen and oxygen atoms in total. The maximum atomic E-state index is 5.46. The summed E-state index contributed by atoms with van der Waals surface area (Å²) in [5.41, 5.74) is 2.16. The van der Waals surface area contributed by atoms with Gasteiger partial charge in [-0.25, -0.2) is 4.98 Å². The molecule has 0 radical (unpaired) electrons. The largest absolute Gasteiger partial charge is 0.479 e. The third-order valence-electron chi connectivity index (χ3n) is 5.02. The van der Waals surface area contributed by atoms with Crippen molar-refractivity contribution in [1.29, 1.82) is 0 Å². The van der Waals surface area contributed by atoms with Gasteiger partial charge >= 0.3 is 0 Å². The molecule has 116 valence electrons. The van der Waals surface area contributed by atoms with Crippen LogP contribution in [0.5, 0.6) is 5.88 Å². The lowest BCUT2D eigenvalue weighted by Gasteiger charge is -2.37. The fourth-order valence-electron chi connectivity index (χ4n) is 3.83. The van der Waals surface area contributed by atoms with Crippen molar-refractivity contribution in [2.75, 3.05) is 38.5 Å². The van der Waals surface area contributed by atoms with Crippen LogP contribution in [0.2, 0.25) is 0 Å². The summed E-state index contributed by atoms with van der Waals surface area (Å²) < 4.78 is 5.46. The number of pyridine rings is 1. The van der Waals surface area contributed by atoms with Gasteiger partial charge in [0.05, 0.1) is 12.8 Å². The normalized spacial score (nSPS) is 28.5. The summed E-state index contributed by atoms with van der Waals surface area (Å²) in [7, 11) is 8.07. The van der Waals surface area contributed by atoms with Crippen LogP contribution in [-0.2, 0) is 0 Å². The molecule has 0 saturated carbocycles. The summed E-state index contributed by atoms with van der Waals surface area (Å²) in [6, 6.07) is 4.00. The number of rotatable bonds is 4. The highest BCUT2D eigenvalue weighted by atomic mass is 16.5. The Labute approximate surface area is 127 Å². The molecule has 3 rings (SSSR count). The highest BCUT2D eigenvalue weighted by molar-refractivity contribution is 5.74. The molecule has 3 heterocycles. The Morgan fingerprint density at radius 3 is 2.52 bits per heavy atom. The first-order valence-corrected chi connectivity index (χ1v) is 7.79. The van der Waals surface area contributed by atoms with Gasteiger partial charge in [0.15, 0.2) is 0 Å². The smallest absolute Gasteiger partial charge is 0.239 e. The van der Waals surface area contributed by atoms with E-state index in [1.54, 1.807) is 13.3 Å². The predicted octanol–water partition coefficient (Wildman–Crippen LogP) is 2.19. The molecule has 21 heavy (non-hydrogen) atoms. The fourth-order valence-corrected chi connectivity index (χ4v) is 3.83. The Bertz CT molecular complexity index is 491. The molecule has 2 fully saturated rings. The van der Waals surface area contributed by atoms with Crippen molar-refractivity contribution in [2.24, 2.45) is 0 Å². The highest BCUT2D eigenvalue weighted by Gasteiger charge is 2.38. The highest BCUT2D eigenvalue weighted by Crippen LogP contribution is 2.38. The Morgan fingerprint density at radius 1 is 1.29 bits per heavy atom. The molecule has 1 aromatic heterocycles. The molecule has 2 aliphatic heterocycles.